The van der Waals surface area contributed by atoms with Gasteiger partial charge in [-0.25, -0.2) is 0 Å². The molecule has 1 fully saturated rings. The Labute approximate surface area is 158 Å². The molecule has 1 saturated heterocycles. The zero-order valence-corrected chi connectivity index (χ0v) is 16.4. The zero-order valence-electron chi connectivity index (χ0n) is 14.8. The maximum absolute atomic E-state index is 12.6. The van der Waals surface area contributed by atoms with E-state index in [0.29, 0.717) is 0 Å². The van der Waals surface area contributed by atoms with Crippen LogP contribution in [0.4, 0.5) is 5.69 Å². The summed E-state index contributed by atoms with van der Waals surface area (Å²) in [6.45, 7) is 4.19. The number of rotatable bonds is 4. The van der Waals surface area contributed by atoms with Crippen LogP contribution in [0.2, 0.25) is 0 Å². The molecule has 4 nitrogen and oxygen atoms in total. The summed E-state index contributed by atoms with van der Waals surface area (Å²) >= 11 is 3.41. The first-order chi connectivity index (χ1) is 12.0. The minimum atomic E-state index is 0.119. The standard InChI is InChI=1S/C20H24BrN3O/c1-22(2)15-16-4-3-5-19(14-16)23-10-12-24(13-11-23)20(25)17-6-8-18(21)9-7-17/h3-9,14H,10-13,15H2,1-2H3. The van der Waals surface area contributed by atoms with E-state index >= 15 is 0 Å². The molecule has 0 unspecified atom stereocenters. The van der Waals surface area contributed by atoms with E-state index in [0.717, 1.165) is 42.8 Å². The molecule has 1 heterocycles. The minimum absolute atomic E-state index is 0.119. The number of piperazine rings is 1. The van der Waals surface area contributed by atoms with Gasteiger partial charge < -0.3 is 14.7 Å². The van der Waals surface area contributed by atoms with Gasteiger partial charge >= 0.3 is 0 Å². The van der Waals surface area contributed by atoms with Crippen LogP contribution in [0, 0.1) is 0 Å². The maximum Gasteiger partial charge on any atom is 0.253 e. The van der Waals surface area contributed by atoms with E-state index in [1.54, 1.807) is 0 Å². The topological polar surface area (TPSA) is 26.8 Å². The highest BCUT2D eigenvalue weighted by molar-refractivity contribution is 9.10. The number of carbonyl (C=O) groups is 1. The minimum Gasteiger partial charge on any atom is -0.368 e. The molecule has 2 aromatic rings. The second-order valence-corrected chi connectivity index (χ2v) is 7.61. The van der Waals surface area contributed by atoms with E-state index in [4.69, 9.17) is 0 Å². The van der Waals surface area contributed by atoms with Crippen molar-refractivity contribution in [3.63, 3.8) is 0 Å². The second kappa shape index (κ2) is 8.02. The Morgan fingerprint density at radius 2 is 1.72 bits per heavy atom. The van der Waals surface area contributed by atoms with Crippen LogP contribution < -0.4 is 4.90 Å². The number of nitrogens with zero attached hydrogens (tertiary/aromatic N) is 3. The molecule has 0 N–H and O–H groups in total. The number of amides is 1. The SMILES string of the molecule is CN(C)Cc1cccc(N2CCN(C(=O)c3ccc(Br)cc3)CC2)c1. The summed E-state index contributed by atoms with van der Waals surface area (Å²) < 4.78 is 0.992. The van der Waals surface area contributed by atoms with Gasteiger partial charge in [0, 0.05) is 48.4 Å². The van der Waals surface area contributed by atoms with Crippen LogP contribution in [0.1, 0.15) is 15.9 Å². The van der Waals surface area contributed by atoms with Gasteiger partial charge in [0.25, 0.3) is 5.91 Å². The smallest absolute Gasteiger partial charge is 0.253 e. The molecule has 5 heteroatoms. The van der Waals surface area contributed by atoms with Crippen molar-refractivity contribution >= 4 is 27.5 Å². The first kappa shape index (κ1) is 18.0. The van der Waals surface area contributed by atoms with Crippen molar-refractivity contribution in [1.29, 1.82) is 0 Å². The highest BCUT2D eigenvalue weighted by Crippen LogP contribution is 2.20. The van der Waals surface area contributed by atoms with Crippen molar-refractivity contribution in [2.75, 3.05) is 45.2 Å². The fourth-order valence-electron chi connectivity index (χ4n) is 3.16. The van der Waals surface area contributed by atoms with Crippen molar-refractivity contribution in [3.8, 4) is 0 Å². The lowest BCUT2D eigenvalue weighted by Crippen LogP contribution is -2.48. The van der Waals surface area contributed by atoms with Gasteiger partial charge in [0.15, 0.2) is 0 Å². The van der Waals surface area contributed by atoms with Crippen LogP contribution in [0.15, 0.2) is 53.0 Å². The fourth-order valence-corrected chi connectivity index (χ4v) is 3.42. The zero-order chi connectivity index (χ0) is 17.8. The molecule has 0 radical (unpaired) electrons. The number of anilines is 1. The largest absolute Gasteiger partial charge is 0.368 e. The summed E-state index contributed by atoms with van der Waals surface area (Å²) in [7, 11) is 4.17. The van der Waals surface area contributed by atoms with Gasteiger partial charge in [-0.3, -0.25) is 4.79 Å². The quantitative estimate of drug-likeness (QED) is 0.784. The summed E-state index contributed by atoms with van der Waals surface area (Å²) in [5.41, 5.74) is 3.32. The molecule has 0 saturated carbocycles. The molecule has 0 bridgehead atoms. The predicted octanol–water partition coefficient (Wildman–Crippen LogP) is 3.47. The van der Waals surface area contributed by atoms with E-state index < -0.39 is 0 Å². The van der Waals surface area contributed by atoms with Crippen molar-refractivity contribution in [2.45, 2.75) is 6.54 Å². The molecule has 2 aromatic carbocycles. The van der Waals surface area contributed by atoms with Crippen molar-refractivity contribution in [2.24, 2.45) is 0 Å². The highest BCUT2D eigenvalue weighted by Gasteiger charge is 2.22. The van der Waals surface area contributed by atoms with Gasteiger partial charge in [0.05, 0.1) is 0 Å². The third-order valence-electron chi connectivity index (χ3n) is 4.43. The van der Waals surface area contributed by atoms with Crippen LogP contribution >= 0.6 is 15.9 Å². The van der Waals surface area contributed by atoms with Crippen LogP contribution in [0.5, 0.6) is 0 Å². The van der Waals surface area contributed by atoms with Gasteiger partial charge in [-0.1, -0.05) is 28.1 Å². The molecule has 0 atom stereocenters. The lowest BCUT2D eigenvalue weighted by Gasteiger charge is -2.36. The summed E-state index contributed by atoms with van der Waals surface area (Å²) in [6.07, 6.45) is 0. The number of hydrogen-bond donors (Lipinski definition) is 0. The highest BCUT2D eigenvalue weighted by atomic mass is 79.9. The second-order valence-electron chi connectivity index (χ2n) is 6.69. The van der Waals surface area contributed by atoms with Gasteiger partial charge in [0.1, 0.15) is 0 Å². The lowest BCUT2D eigenvalue weighted by atomic mass is 10.1. The Balaban J connectivity index is 1.62. The molecular formula is C20H24BrN3O. The van der Waals surface area contributed by atoms with Crippen molar-refractivity contribution in [1.82, 2.24) is 9.80 Å². The van der Waals surface area contributed by atoms with E-state index in [1.165, 1.54) is 11.3 Å². The number of hydrogen-bond acceptors (Lipinski definition) is 3. The van der Waals surface area contributed by atoms with E-state index in [1.807, 2.05) is 29.2 Å². The Bertz CT molecular complexity index is 722. The van der Waals surface area contributed by atoms with Crippen LogP contribution in [0.3, 0.4) is 0 Å². The predicted molar refractivity (Wildman–Crippen MR) is 106 cm³/mol. The molecule has 0 spiro atoms. The van der Waals surface area contributed by atoms with Gasteiger partial charge in [0.2, 0.25) is 0 Å². The lowest BCUT2D eigenvalue weighted by molar-refractivity contribution is 0.0747. The summed E-state index contributed by atoms with van der Waals surface area (Å²) in [5, 5.41) is 0. The summed E-state index contributed by atoms with van der Waals surface area (Å²) in [4.78, 5) is 19.1. The fraction of sp³-hybridized carbons (Fsp3) is 0.350. The summed E-state index contributed by atoms with van der Waals surface area (Å²) in [6, 6.07) is 16.3. The van der Waals surface area contributed by atoms with Crippen LogP contribution in [-0.4, -0.2) is 56.0 Å². The van der Waals surface area contributed by atoms with Crippen molar-refractivity contribution in [3.05, 3.63) is 64.1 Å². The molecular weight excluding hydrogens is 378 g/mol. The molecule has 132 valence electrons. The number of carbonyl (C=O) groups excluding carboxylic acids is 1. The Morgan fingerprint density at radius 1 is 1.04 bits per heavy atom. The molecule has 25 heavy (non-hydrogen) atoms. The first-order valence-electron chi connectivity index (χ1n) is 8.56. The molecule has 1 amide bonds. The maximum atomic E-state index is 12.6. The van der Waals surface area contributed by atoms with Crippen LogP contribution in [-0.2, 0) is 6.54 Å². The molecule has 1 aliphatic heterocycles. The summed E-state index contributed by atoms with van der Waals surface area (Å²) in [5.74, 6) is 0.119. The Hall–Kier alpha value is -1.85. The molecule has 1 aliphatic rings. The average Bonchev–Trinajstić information content (AvgIpc) is 2.62. The third-order valence-corrected chi connectivity index (χ3v) is 4.96. The van der Waals surface area contributed by atoms with Crippen LogP contribution in [0.25, 0.3) is 0 Å². The van der Waals surface area contributed by atoms with Gasteiger partial charge in [-0.15, -0.1) is 0 Å². The Kier molecular flexibility index (Phi) is 5.76. The normalized spacial score (nSPS) is 14.9. The molecule has 0 aliphatic carbocycles. The third kappa shape index (κ3) is 4.61. The van der Waals surface area contributed by atoms with Crippen molar-refractivity contribution < 1.29 is 4.79 Å². The first-order valence-corrected chi connectivity index (χ1v) is 9.36. The van der Waals surface area contributed by atoms with Gasteiger partial charge in [-0.05, 0) is 56.1 Å². The number of halogens is 1. The monoisotopic (exact) mass is 401 g/mol. The molecule has 3 rings (SSSR count). The Morgan fingerprint density at radius 3 is 2.36 bits per heavy atom. The van der Waals surface area contributed by atoms with E-state index in [9.17, 15) is 4.79 Å². The molecule has 0 aromatic heterocycles. The average molecular weight is 402 g/mol. The van der Waals surface area contributed by atoms with E-state index in [-0.39, 0.29) is 5.91 Å². The number of benzene rings is 2. The van der Waals surface area contributed by atoms with E-state index in [2.05, 4.69) is 64.1 Å². The van der Waals surface area contributed by atoms with Gasteiger partial charge in [-0.2, -0.15) is 0 Å².